The third-order valence-electron chi connectivity index (χ3n) is 4.26. The second kappa shape index (κ2) is 5.55. The Morgan fingerprint density at radius 2 is 2.35 bits per heavy atom. The molecule has 23 heavy (non-hydrogen) atoms. The van der Waals surface area contributed by atoms with Crippen LogP contribution in [0.4, 0.5) is 5.82 Å². The van der Waals surface area contributed by atoms with Crippen molar-refractivity contribution in [2.45, 2.75) is 25.6 Å². The fraction of sp³-hybridized carbons (Fsp3) is 0.400. The highest BCUT2D eigenvalue weighted by Crippen LogP contribution is 2.41. The number of nitrogens with zero attached hydrogens (tertiary/aromatic N) is 4. The van der Waals surface area contributed by atoms with Crippen LogP contribution in [0.3, 0.4) is 0 Å². The summed E-state index contributed by atoms with van der Waals surface area (Å²) < 4.78 is 7.79. The highest BCUT2D eigenvalue weighted by Gasteiger charge is 2.35. The van der Waals surface area contributed by atoms with Gasteiger partial charge in [-0.3, -0.25) is 0 Å². The van der Waals surface area contributed by atoms with Gasteiger partial charge >= 0.3 is 0 Å². The van der Waals surface area contributed by atoms with E-state index in [1.165, 1.54) is 6.33 Å². The molecule has 1 aliphatic rings. The number of anilines is 1. The molecule has 1 aliphatic heterocycles. The second-order valence-electron chi connectivity index (χ2n) is 5.80. The first-order valence-corrected chi connectivity index (χ1v) is 8.35. The fourth-order valence-electron chi connectivity index (χ4n) is 3.23. The number of nitrogen functional groups attached to an aromatic ring is 1. The zero-order chi connectivity index (χ0) is 16.0. The van der Waals surface area contributed by atoms with Gasteiger partial charge in [0, 0.05) is 17.1 Å². The third kappa shape index (κ3) is 2.30. The summed E-state index contributed by atoms with van der Waals surface area (Å²) in [5.74, 6) is 0.700. The van der Waals surface area contributed by atoms with Gasteiger partial charge < -0.3 is 15.6 Å². The van der Waals surface area contributed by atoms with Gasteiger partial charge in [-0.2, -0.15) is 5.10 Å². The quantitative estimate of drug-likeness (QED) is 0.760. The number of thiazole rings is 1. The Labute approximate surface area is 136 Å². The van der Waals surface area contributed by atoms with Gasteiger partial charge in [-0.1, -0.05) is 6.92 Å². The molecule has 1 saturated heterocycles. The number of aromatic nitrogens is 4. The minimum absolute atomic E-state index is 0.0284. The number of ether oxygens (including phenoxy) is 1. The molecular formula is C15H17N5O2S. The summed E-state index contributed by atoms with van der Waals surface area (Å²) in [6.45, 7) is 2.15. The average Bonchev–Trinajstić information content (AvgIpc) is 3.25. The van der Waals surface area contributed by atoms with Crippen molar-refractivity contribution in [1.82, 2.24) is 19.6 Å². The predicted octanol–water partition coefficient (Wildman–Crippen LogP) is 1.89. The molecular weight excluding hydrogens is 314 g/mol. The zero-order valence-electron chi connectivity index (χ0n) is 12.6. The van der Waals surface area contributed by atoms with E-state index in [0.717, 1.165) is 28.2 Å². The van der Waals surface area contributed by atoms with Crippen LogP contribution in [0.1, 0.15) is 25.1 Å². The van der Waals surface area contributed by atoms with Gasteiger partial charge in [0.25, 0.3) is 0 Å². The Bertz CT molecular complexity index is 832. The van der Waals surface area contributed by atoms with Gasteiger partial charge in [0.15, 0.2) is 5.82 Å². The van der Waals surface area contributed by atoms with E-state index in [1.54, 1.807) is 22.0 Å². The summed E-state index contributed by atoms with van der Waals surface area (Å²) in [7, 11) is 0. The minimum atomic E-state index is -0.136. The molecule has 0 saturated carbocycles. The Morgan fingerprint density at radius 3 is 3.04 bits per heavy atom. The van der Waals surface area contributed by atoms with E-state index >= 15 is 0 Å². The topological polar surface area (TPSA) is 98.6 Å². The van der Waals surface area contributed by atoms with E-state index in [0.29, 0.717) is 5.82 Å². The van der Waals surface area contributed by atoms with Crippen LogP contribution in [0.15, 0.2) is 24.0 Å². The minimum Gasteiger partial charge on any atom is -0.394 e. The summed E-state index contributed by atoms with van der Waals surface area (Å²) in [6, 6.07) is 2.03. The Hall–Kier alpha value is -2.03. The van der Waals surface area contributed by atoms with Crippen molar-refractivity contribution in [2.24, 2.45) is 5.92 Å². The number of fused-ring (bicyclic) bond motifs is 1. The number of hydrogen-bond donors (Lipinski definition) is 2. The van der Waals surface area contributed by atoms with Crippen molar-refractivity contribution in [3.8, 4) is 10.6 Å². The molecule has 3 aromatic heterocycles. The Balaban J connectivity index is 1.90. The van der Waals surface area contributed by atoms with Crippen molar-refractivity contribution < 1.29 is 9.84 Å². The van der Waals surface area contributed by atoms with Crippen LogP contribution in [0.5, 0.6) is 0 Å². The second-order valence-corrected chi connectivity index (χ2v) is 6.69. The highest BCUT2D eigenvalue weighted by atomic mass is 32.1. The molecule has 4 rings (SSSR count). The largest absolute Gasteiger partial charge is 0.394 e. The van der Waals surface area contributed by atoms with E-state index < -0.39 is 0 Å². The molecule has 0 aromatic carbocycles. The van der Waals surface area contributed by atoms with Crippen LogP contribution in [0.2, 0.25) is 0 Å². The maximum absolute atomic E-state index is 9.38. The van der Waals surface area contributed by atoms with Crippen molar-refractivity contribution in [1.29, 1.82) is 0 Å². The first-order valence-electron chi connectivity index (χ1n) is 7.47. The number of nitrogens with two attached hydrogens (primary N) is 1. The van der Waals surface area contributed by atoms with Gasteiger partial charge in [-0.25, -0.2) is 14.5 Å². The van der Waals surface area contributed by atoms with Crippen LogP contribution in [0, 0.1) is 5.92 Å². The highest BCUT2D eigenvalue weighted by molar-refractivity contribution is 7.13. The van der Waals surface area contributed by atoms with Crippen LogP contribution in [-0.2, 0) is 4.74 Å². The predicted molar refractivity (Wildman–Crippen MR) is 87.0 cm³/mol. The molecule has 8 heteroatoms. The van der Waals surface area contributed by atoms with Gasteiger partial charge in [0.05, 0.1) is 18.4 Å². The lowest BCUT2D eigenvalue weighted by Crippen LogP contribution is -2.12. The summed E-state index contributed by atoms with van der Waals surface area (Å²) in [5.41, 5.74) is 8.67. The number of aliphatic hydroxyl groups excluding tert-OH is 1. The maximum Gasteiger partial charge on any atom is 0.152 e. The fourth-order valence-corrected chi connectivity index (χ4v) is 3.88. The first-order chi connectivity index (χ1) is 11.2. The Kier molecular flexibility index (Phi) is 3.51. The first kappa shape index (κ1) is 14.6. The van der Waals surface area contributed by atoms with E-state index in [1.807, 2.05) is 11.4 Å². The van der Waals surface area contributed by atoms with Gasteiger partial charge in [-0.05, 0) is 18.4 Å². The Morgan fingerprint density at radius 1 is 1.48 bits per heavy atom. The summed E-state index contributed by atoms with van der Waals surface area (Å²) >= 11 is 1.54. The molecule has 0 aliphatic carbocycles. The van der Waals surface area contributed by atoms with Gasteiger partial charge in [0.1, 0.15) is 23.0 Å². The van der Waals surface area contributed by atoms with Crippen molar-refractivity contribution >= 4 is 22.7 Å². The summed E-state index contributed by atoms with van der Waals surface area (Å²) in [6.07, 6.45) is 3.76. The standard InChI is InChI=1S/C15H17N5O2S/c1-8-4-9(6-21)22-13(8)11-5-10(15-17-2-3-23-15)12-14(16)18-7-19-20(11)12/h2-3,5,7-9,13,21H,4,6H2,1H3,(H2,16,18,19). The molecule has 3 unspecified atom stereocenters. The lowest BCUT2D eigenvalue weighted by molar-refractivity contribution is 0.00257. The SMILES string of the molecule is CC1CC(CO)OC1c1cc(-c2nccs2)c2c(N)ncnn12. The molecule has 1 fully saturated rings. The van der Waals surface area contributed by atoms with Crippen molar-refractivity contribution in [2.75, 3.05) is 12.3 Å². The van der Waals surface area contributed by atoms with E-state index in [2.05, 4.69) is 22.0 Å². The molecule has 3 aromatic rings. The van der Waals surface area contributed by atoms with Crippen LogP contribution < -0.4 is 5.73 Å². The summed E-state index contributed by atoms with van der Waals surface area (Å²) in [5, 5.41) is 16.5. The molecule has 4 heterocycles. The van der Waals surface area contributed by atoms with Gasteiger partial charge in [0.2, 0.25) is 0 Å². The van der Waals surface area contributed by atoms with Crippen LogP contribution in [-0.4, -0.2) is 37.4 Å². The molecule has 0 bridgehead atoms. The molecule has 0 radical (unpaired) electrons. The monoisotopic (exact) mass is 331 g/mol. The van der Waals surface area contributed by atoms with E-state index in [4.69, 9.17) is 10.5 Å². The normalized spacial score (nSPS) is 24.5. The molecule has 0 amide bonds. The summed E-state index contributed by atoms with van der Waals surface area (Å²) in [4.78, 5) is 8.49. The van der Waals surface area contributed by atoms with Crippen molar-refractivity contribution in [3.05, 3.63) is 29.7 Å². The maximum atomic E-state index is 9.38. The van der Waals surface area contributed by atoms with Crippen LogP contribution >= 0.6 is 11.3 Å². The number of aliphatic hydroxyl groups is 1. The molecule has 120 valence electrons. The van der Waals surface area contributed by atoms with Crippen LogP contribution in [0.25, 0.3) is 16.1 Å². The lowest BCUT2D eigenvalue weighted by atomic mass is 9.99. The number of rotatable bonds is 3. The van der Waals surface area contributed by atoms with Gasteiger partial charge in [-0.15, -0.1) is 11.3 Å². The number of hydrogen-bond acceptors (Lipinski definition) is 7. The lowest BCUT2D eigenvalue weighted by Gasteiger charge is -2.14. The average molecular weight is 331 g/mol. The molecule has 7 nitrogen and oxygen atoms in total. The van der Waals surface area contributed by atoms with E-state index in [-0.39, 0.29) is 24.7 Å². The third-order valence-corrected chi connectivity index (χ3v) is 5.07. The smallest absolute Gasteiger partial charge is 0.152 e. The molecule has 3 atom stereocenters. The molecule has 0 spiro atoms. The zero-order valence-corrected chi connectivity index (χ0v) is 13.4. The molecule has 3 N–H and O–H groups in total. The van der Waals surface area contributed by atoms with Crippen molar-refractivity contribution in [3.63, 3.8) is 0 Å². The van der Waals surface area contributed by atoms with E-state index in [9.17, 15) is 5.11 Å².